The third-order valence-corrected chi connectivity index (χ3v) is 3.03. The van der Waals surface area contributed by atoms with Gasteiger partial charge < -0.3 is 15.6 Å². The molecule has 1 aromatic heterocycles. The number of nitrogens with zero attached hydrogens (tertiary/aromatic N) is 1. The highest BCUT2D eigenvalue weighted by atomic mass is 19.1. The van der Waals surface area contributed by atoms with Crippen LogP contribution in [0.25, 0.3) is 0 Å². The van der Waals surface area contributed by atoms with Gasteiger partial charge in [-0.2, -0.15) is 0 Å². The molecule has 2 aromatic rings. The fraction of sp³-hybridized carbons (Fsp3) is 0.333. The van der Waals surface area contributed by atoms with E-state index in [0.29, 0.717) is 30.0 Å². The Morgan fingerprint density at radius 1 is 1.48 bits per heavy atom. The number of hydrogen-bond acceptors (Lipinski definition) is 4. The van der Waals surface area contributed by atoms with Crippen LogP contribution >= 0.6 is 0 Å². The van der Waals surface area contributed by atoms with E-state index in [1.54, 1.807) is 31.2 Å². The van der Waals surface area contributed by atoms with E-state index in [2.05, 4.69) is 10.5 Å². The Hall–Kier alpha value is -2.21. The average Bonchev–Trinajstić information content (AvgIpc) is 2.85. The summed E-state index contributed by atoms with van der Waals surface area (Å²) in [4.78, 5) is 11.8. The molecule has 5 nitrogen and oxygen atoms in total. The Morgan fingerprint density at radius 3 is 2.90 bits per heavy atom. The number of carbonyl (C=O) groups excluding carboxylic acids is 1. The fourth-order valence-electron chi connectivity index (χ4n) is 2.02. The summed E-state index contributed by atoms with van der Waals surface area (Å²) in [5.74, 6) is 0.196. The summed E-state index contributed by atoms with van der Waals surface area (Å²) in [5, 5.41) is 6.48. The van der Waals surface area contributed by atoms with Crippen LogP contribution < -0.4 is 11.1 Å². The van der Waals surface area contributed by atoms with Gasteiger partial charge in [-0.15, -0.1) is 0 Å². The summed E-state index contributed by atoms with van der Waals surface area (Å²) in [6, 6.07) is 7.75. The van der Waals surface area contributed by atoms with E-state index in [4.69, 9.17) is 10.3 Å². The van der Waals surface area contributed by atoms with Crippen molar-refractivity contribution in [1.82, 2.24) is 10.5 Å². The molecule has 21 heavy (non-hydrogen) atoms. The lowest BCUT2D eigenvalue weighted by Gasteiger charge is -2.12. The Balaban J connectivity index is 1.78. The first-order valence-corrected chi connectivity index (χ1v) is 6.72. The molecule has 112 valence electrons. The van der Waals surface area contributed by atoms with Crippen LogP contribution in [0, 0.1) is 12.7 Å². The van der Waals surface area contributed by atoms with Gasteiger partial charge in [0, 0.05) is 18.5 Å². The number of rotatable bonds is 6. The third kappa shape index (κ3) is 4.68. The van der Waals surface area contributed by atoms with Gasteiger partial charge in [-0.25, -0.2) is 4.39 Å². The fourth-order valence-corrected chi connectivity index (χ4v) is 2.02. The summed E-state index contributed by atoms with van der Waals surface area (Å²) in [5.41, 5.74) is 7.06. The van der Waals surface area contributed by atoms with E-state index in [9.17, 15) is 9.18 Å². The summed E-state index contributed by atoms with van der Waals surface area (Å²) < 4.78 is 18.4. The number of halogens is 1. The number of nitrogens with one attached hydrogen (secondary N) is 1. The van der Waals surface area contributed by atoms with Crippen LogP contribution in [0.5, 0.6) is 0 Å². The number of aromatic nitrogens is 1. The normalized spacial score (nSPS) is 12.1. The van der Waals surface area contributed by atoms with Gasteiger partial charge >= 0.3 is 0 Å². The van der Waals surface area contributed by atoms with Crippen molar-refractivity contribution in [3.05, 3.63) is 53.2 Å². The second-order valence-corrected chi connectivity index (χ2v) is 4.97. The van der Waals surface area contributed by atoms with Gasteiger partial charge in [0.2, 0.25) is 5.91 Å². The number of benzene rings is 1. The average molecular weight is 291 g/mol. The van der Waals surface area contributed by atoms with Gasteiger partial charge in [-0.1, -0.05) is 23.4 Å². The van der Waals surface area contributed by atoms with Crippen LogP contribution in [-0.2, 0) is 17.8 Å². The molecule has 0 saturated heterocycles. The number of hydrogen-bond donors (Lipinski definition) is 2. The molecule has 2 rings (SSSR count). The molecule has 0 aliphatic rings. The van der Waals surface area contributed by atoms with Crippen molar-refractivity contribution in [1.29, 1.82) is 0 Å². The highest BCUT2D eigenvalue weighted by Crippen LogP contribution is 2.09. The highest BCUT2D eigenvalue weighted by molar-refractivity contribution is 5.76. The van der Waals surface area contributed by atoms with Crippen LogP contribution in [0.3, 0.4) is 0 Å². The van der Waals surface area contributed by atoms with Crippen LogP contribution in [0.4, 0.5) is 4.39 Å². The molecule has 0 spiro atoms. The third-order valence-electron chi connectivity index (χ3n) is 3.03. The molecule has 3 N–H and O–H groups in total. The van der Waals surface area contributed by atoms with Crippen molar-refractivity contribution in [3.8, 4) is 0 Å². The largest absolute Gasteiger partial charge is 0.361 e. The van der Waals surface area contributed by atoms with Crippen molar-refractivity contribution >= 4 is 5.91 Å². The minimum Gasteiger partial charge on any atom is -0.361 e. The summed E-state index contributed by atoms with van der Waals surface area (Å²) in [7, 11) is 0. The second-order valence-electron chi connectivity index (χ2n) is 4.97. The minimum absolute atomic E-state index is 0.130. The molecule has 0 aliphatic carbocycles. The maximum Gasteiger partial charge on any atom is 0.221 e. The van der Waals surface area contributed by atoms with E-state index in [1.807, 2.05) is 0 Å². The lowest BCUT2D eigenvalue weighted by molar-refractivity contribution is -0.121. The predicted octanol–water partition coefficient (Wildman–Crippen LogP) is 1.70. The molecule has 0 unspecified atom stereocenters. The maximum atomic E-state index is 13.5. The standard InChI is InChI=1S/C15H18FN3O2/c1-10-6-13(19-21-10)9-18-15(20)8-12(17)7-11-4-2-3-5-14(11)16/h2-6,12H,7-9,17H2,1H3,(H,18,20)/t12-/m1/s1. The molecule has 0 radical (unpaired) electrons. The zero-order valence-corrected chi connectivity index (χ0v) is 11.8. The zero-order chi connectivity index (χ0) is 15.2. The van der Waals surface area contributed by atoms with Crippen molar-refractivity contribution < 1.29 is 13.7 Å². The number of aryl methyl sites for hydroxylation is 1. The van der Waals surface area contributed by atoms with Crippen LogP contribution in [-0.4, -0.2) is 17.1 Å². The molecule has 1 amide bonds. The molecule has 6 heteroatoms. The van der Waals surface area contributed by atoms with Gasteiger partial charge in [0.25, 0.3) is 0 Å². The Kier molecular flexibility index (Phi) is 5.05. The van der Waals surface area contributed by atoms with Crippen molar-refractivity contribution in [2.24, 2.45) is 5.73 Å². The Morgan fingerprint density at radius 2 is 2.24 bits per heavy atom. The van der Waals surface area contributed by atoms with Gasteiger partial charge in [-0.05, 0) is 25.0 Å². The van der Waals surface area contributed by atoms with Gasteiger partial charge in [0.05, 0.1) is 6.54 Å². The molecule has 1 atom stereocenters. The molecule has 0 fully saturated rings. The molecule has 0 aliphatic heterocycles. The first-order valence-electron chi connectivity index (χ1n) is 6.72. The van der Waals surface area contributed by atoms with E-state index in [0.717, 1.165) is 0 Å². The molecule has 1 aromatic carbocycles. The van der Waals surface area contributed by atoms with E-state index in [-0.39, 0.29) is 18.1 Å². The van der Waals surface area contributed by atoms with Crippen molar-refractivity contribution in [2.45, 2.75) is 32.4 Å². The zero-order valence-electron chi connectivity index (χ0n) is 11.8. The Labute approximate surface area is 122 Å². The van der Waals surface area contributed by atoms with Crippen LogP contribution in [0.2, 0.25) is 0 Å². The lowest BCUT2D eigenvalue weighted by Crippen LogP contribution is -2.33. The maximum absolute atomic E-state index is 13.5. The van der Waals surface area contributed by atoms with Crippen molar-refractivity contribution in [3.63, 3.8) is 0 Å². The number of carbonyl (C=O) groups is 1. The first kappa shape index (κ1) is 15.2. The van der Waals surface area contributed by atoms with Gasteiger partial charge in [0.1, 0.15) is 17.3 Å². The first-order chi connectivity index (χ1) is 10.0. The smallest absolute Gasteiger partial charge is 0.221 e. The van der Waals surface area contributed by atoms with Crippen LogP contribution in [0.15, 0.2) is 34.9 Å². The highest BCUT2D eigenvalue weighted by Gasteiger charge is 2.12. The number of nitrogens with two attached hydrogens (primary N) is 1. The lowest BCUT2D eigenvalue weighted by atomic mass is 10.0. The second kappa shape index (κ2) is 6.99. The molecule has 0 bridgehead atoms. The van der Waals surface area contributed by atoms with E-state index < -0.39 is 6.04 Å². The Bertz CT molecular complexity index is 612. The van der Waals surface area contributed by atoms with E-state index >= 15 is 0 Å². The topological polar surface area (TPSA) is 81.2 Å². The molecule has 1 heterocycles. The van der Waals surface area contributed by atoms with Gasteiger partial charge in [0.15, 0.2) is 0 Å². The summed E-state index contributed by atoms with van der Waals surface area (Å²) >= 11 is 0. The number of amides is 1. The van der Waals surface area contributed by atoms with Gasteiger partial charge in [-0.3, -0.25) is 4.79 Å². The summed E-state index contributed by atoms with van der Waals surface area (Å²) in [6.45, 7) is 2.07. The SMILES string of the molecule is Cc1cc(CNC(=O)C[C@H](N)Cc2ccccc2F)no1. The molecule has 0 saturated carbocycles. The predicted molar refractivity (Wildman–Crippen MR) is 75.8 cm³/mol. The van der Waals surface area contributed by atoms with Crippen LogP contribution in [0.1, 0.15) is 23.4 Å². The van der Waals surface area contributed by atoms with E-state index in [1.165, 1.54) is 6.07 Å². The van der Waals surface area contributed by atoms with Crippen molar-refractivity contribution in [2.75, 3.05) is 0 Å². The molecular weight excluding hydrogens is 273 g/mol. The monoisotopic (exact) mass is 291 g/mol. The molecular formula is C15H18FN3O2. The minimum atomic E-state index is -0.430. The summed E-state index contributed by atoms with van der Waals surface area (Å²) in [6.07, 6.45) is 0.453. The quantitative estimate of drug-likeness (QED) is 0.848.